The first-order valence-electron chi connectivity index (χ1n) is 5.45. The molecule has 0 unspecified atom stereocenters. The molecule has 0 aromatic carbocycles. The molecule has 88 valence electrons. The van der Waals surface area contributed by atoms with Crippen LogP contribution in [0.25, 0.3) is 0 Å². The second kappa shape index (κ2) is 6.82. The van der Waals surface area contributed by atoms with Gasteiger partial charge in [-0.1, -0.05) is 18.5 Å². The molecule has 0 amide bonds. The average molecular weight is 222 g/mol. The minimum absolute atomic E-state index is 0.600. The van der Waals surface area contributed by atoms with Gasteiger partial charge in [-0.15, -0.1) is 0 Å². The number of oxime groups is 1. The smallest absolute Gasteiger partial charge is 0.212 e. The van der Waals surface area contributed by atoms with Crippen LogP contribution in [0.4, 0.5) is 0 Å². The summed E-state index contributed by atoms with van der Waals surface area (Å²) in [5.41, 5.74) is 1.77. The molecule has 0 aliphatic heterocycles. The summed E-state index contributed by atoms with van der Waals surface area (Å²) >= 11 is 0. The van der Waals surface area contributed by atoms with E-state index in [0.717, 1.165) is 24.1 Å². The van der Waals surface area contributed by atoms with Crippen LogP contribution in [0, 0.1) is 0 Å². The molecule has 0 atom stereocenters. The highest BCUT2D eigenvalue weighted by Gasteiger charge is 1.99. The molecule has 0 fully saturated rings. The molecule has 4 nitrogen and oxygen atoms in total. The van der Waals surface area contributed by atoms with Crippen LogP contribution < -0.4 is 4.74 Å². The van der Waals surface area contributed by atoms with Gasteiger partial charge in [-0.3, -0.25) is 0 Å². The number of hydrogen-bond donors (Lipinski definition) is 0. The summed E-state index contributed by atoms with van der Waals surface area (Å²) in [5.74, 6) is 0.600. The summed E-state index contributed by atoms with van der Waals surface area (Å²) in [6, 6.07) is 3.72. The lowest BCUT2D eigenvalue weighted by molar-refractivity contribution is 0.141. The van der Waals surface area contributed by atoms with Crippen molar-refractivity contribution in [2.75, 3.05) is 13.7 Å². The monoisotopic (exact) mass is 222 g/mol. The fourth-order valence-electron chi connectivity index (χ4n) is 1.12. The molecular formula is C12H18N2O2. The number of unbranched alkanes of at least 4 members (excludes halogenated alkanes) is 1. The van der Waals surface area contributed by atoms with Gasteiger partial charge in [0.15, 0.2) is 0 Å². The number of hydrogen-bond acceptors (Lipinski definition) is 4. The summed E-state index contributed by atoms with van der Waals surface area (Å²) in [6.07, 6.45) is 3.86. The van der Waals surface area contributed by atoms with Crippen molar-refractivity contribution >= 4 is 5.71 Å². The molecule has 1 aromatic heterocycles. The molecule has 16 heavy (non-hydrogen) atoms. The normalized spacial score (nSPS) is 11.3. The quantitative estimate of drug-likeness (QED) is 0.422. The summed E-state index contributed by atoms with van der Waals surface area (Å²) in [4.78, 5) is 9.28. The fraction of sp³-hybridized carbons (Fsp3) is 0.500. The Morgan fingerprint density at radius 1 is 1.44 bits per heavy atom. The van der Waals surface area contributed by atoms with E-state index in [-0.39, 0.29) is 0 Å². The fourth-order valence-corrected chi connectivity index (χ4v) is 1.12. The standard InChI is InChI=1S/C12H18N2O2/c1-4-5-8-16-14-10(2)11-6-7-12(15-3)13-9-11/h6-7,9H,4-5,8H2,1-3H3/b14-10+. The lowest BCUT2D eigenvalue weighted by Gasteiger charge is -2.02. The predicted molar refractivity (Wildman–Crippen MR) is 63.9 cm³/mol. The molecule has 1 heterocycles. The molecule has 1 aromatic rings. The third-order valence-corrected chi connectivity index (χ3v) is 2.15. The number of methoxy groups -OCH3 is 1. The van der Waals surface area contributed by atoms with E-state index in [0.29, 0.717) is 12.5 Å². The molecule has 0 saturated carbocycles. The molecule has 4 heteroatoms. The van der Waals surface area contributed by atoms with Crippen molar-refractivity contribution in [2.24, 2.45) is 5.16 Å². The first-order chi connectivity index (χ1) is 7.77. The van der Waals surface area contributed by atoms with Crippen LogP contribution in [0.5, 0.6) is 5.88 Å². The molecule has 0 radical (unpaired) electrons. The summed E-state index contributed by atoms with van der Waals surface area (Å²) < 4.78 is 4.98. The van der Waals surface area contributed by atoms with E-state index < -0.39 is 0 Å². The number of nitrogens with zero attached hydrogens (tertiary/aromatic N) is 2. The van der Waals surface area contributed by atoms with Crippen LogP contribution >= 0.6 is 0 Å². The Kier molecular flexibility index (Phi) is 5.32. The van der Waals surface area contributed by atoms with E-state index in [9.17, 15) is 0 Å². The van der Waals surface area contributed by atoms with E-state index >= 15 is 0 Å². The van der Waals surface area contributed by atoms with E-state index in [1.54, 1.807) is 19.4 Å². The summed E-state index contributed by atoms with van der Waals surface area (Å²) in [6.45, 7) is 4.68. The average Bonchev–Trinajstić information content (AvgIpc) is 2.34. The van der Waals surface area contributed by atoms with Gasteiger partial charge in [0, 0.05) is 17.8 Å². The maximum atomic E-state index is 5.18. The third kappa shape index (κ3) is 3.88. The van der Waals surface area contributed by atoms with Crippen molar-refractivity contribution in [3.05, 3.63) is 23.9 Å². The van der Waals surface area contributed by atoms with Crippen molar-refractivity contribution < 1.29 is 9.57 Å². The maximum absolute atomic E-state index is 5.18. The zero-order valence-electron chi connectivity index (χ0n) is 10.1. The first-order valence-corrected chi connectivity index (χ1v) is 5.45. The van der Waals surface area contributed by atoms with Crippen LogP contribution in [-0.2, 0) is 4.84 Å². The maximum Gasteiger partial charge on any atom is 0.212 e. The van der Waals surface area contributed by atoms with Gasteiger partial charge in [-0.25, -0.2) is 4.98 Å². The van der Waals surface area contributed by atoms with E-state index in [1.165, 1.54) is 0 Å². The lowest BCUT2D eigenvalue weighted by atomic mass is 10.2. The van der Waals surface area contributed by atoms with Crippen molar-refractivity contribution in [1.82, 2.24) is 4.98 Å². The van der Waals surface area contributed by atoms with Gasteiger partial charge in [0.2, 0.25) is 5.88 Å². The zero-order valence-corrected chi connectivity index (χ0v) is 10.1. The number of aromatic nitrogens is 1. The molecule has 0 aliphatic carbocycles. The molecular weight excluding hydrogens is 204 g/mol. The van der Waals surface area contributed by atoms with Crippen molar-refractivity contribution in [3.63, 3.8) is 0 Å². The Morgan fingerprint density at radius 3 is 2.81 bits per heavy atom. The van der Waals surface area contributed by atoms with Gasteiger partial charge < -0.3 is 9.57 Å². The van der Waals surface area contributed by atoms with Gasteiger partial charge in [-0.2, -0.15) is 0 Å². The van der Waals surface area contributed by atoms with Crippen molar-refractivity contribution in [3.8, 4) is 5.88 Å². The van der Waals surface area contributed by atoms with Gasteiger partial charge in [0.25, 0.3) is 0 Å². The molecule has 0 aliphatic rings. The Morgan fingerprint density at radius 2 is 2.25 bits per heavy atom. The van der Waals surface area contributed by atoms with Gasteiger partial charge >= 0.3 is 0 Å². The SMILES string of the molecule is CCCCO/N=C(\C)c1ccc(OC)nc1. The minimum atomic E-state index is 0.600. The highest BCUT2D eigenvalue weighted by atomic mass is 16.6. The number of rotatable bonds is 6. The van der Waals surface area contributed by atoms with Crippen molar-refractivity contribution in [1.29, 1.82) is 0 Å². The Balaban J connectivity index is 2.54. The van der Waals surface area contributed by atoms with Crippen LogP contribution in [0.2, 0.25) is 0 Å². The van der Waals surface area contributed by atoms with E-state index in [2.05, 4.69) is 17.1 Å². The summed E-state index contributed by atoms with van der Waals surface area (Å²) in [5, 5.41) is 4.02. The Hall–Kier alpha value is -1.58. The third-order valence-electron chi connectivity index (χ3n) is 2.15. The largest absolute Gasteiger partial charge is 0.481 e. The molecule has 0 bridgehead atoms. The van der Waals surface area contributed by atoms with Crippen LogP contribution in [0.1, 0.15) is 32.3 Å². The van der Waals surface area contributed by atoms with Crippen molar-refractivity contribution in [2.45, 2.75) is 26.7 Å². The molecule has 0 spiro atoms. The molecule has 0 N–H and O–H groups in total. The highest BCUT2D eigenvalue weighted by molar-refractivity contribution is 5.98. The van der Waals surface area contributed by atoms with E-state index in [1.807, 2.05) is 13.0 Å². The predicted octanol–water partition coefficient (Wildman–Crippen LogP) is 2.63. The van der Waals surface area contributed by atoms with Gasteiger partial charge in [0.1, 0.15) is 6.61 Å². The van der Waals surface area contributed by atoms with Crippen LogP contribution in [0.15, 0.2) is 23.5 Å². The van der Waals surface area contributed by atoms with Crippen LogP contribution in [-0.4, -0.2) is 24.4 Å². The minimum Gasteiger partial charge on any atom is -0.481 e. The second-order valence-electron chi connectivity index (χ2n) is 3.45. The van der Waals surface area contributed by atoms with Gasteiger partial charge in [0.05, 0.1) is 12.8 Å². The Labute approximate surface area is 96.3 Å². The van der Waals surface area contributed by atoms with E-state index in [4.69, 9.17) is 9.57 Å². The van der Waals surface area contributed by atoms with Crippen LogP contribution in [0.3, 0.4) is 0 Å². The zero-order chi connectivity index (χ0) is 11.8. The Bertz CT molecular complexity index is 333. The number of ether oxygens (including phenoxy) is 1. The molecule has 0 saturated heterocycles. The first kappa shape index (κ1) is 12.5. The second-order valence-corrected chi connectivity index (χ2v) is 3.45. The summed E-state index contributed by atoms with van der Waals surface area (Å²) in [7, 11) is 1.59. The number of pyridine rings is 1. The topological polar surface area (TPSA) is 43.7 Å². The van der Waals surface area contributed by atoms with Gasteiger partial charge in [-0.05, 0) is 19.4 Å². The highest BCUT2D eigenvalue weighted by Crippen LogP contribution is 2.07. The lowest BCUT2D eigenvalue weighted by Crippen LogP contribution is -1.98. The molecule has 1 rings (SSSR count).